The second-order valence-corrected chi connectivity index (χ2v) is 4.96. The average molecular weight is 223 g/mol. The molecular weight excluding hydrogens is 198 g/mol. The average Bonchev–Trinajstić information content (AvgIpc) is 2.97. The van der Waals surface area contributed by atoms with Crippen LogP contribution in [0.4, 0.5) is 0 Å². The fraction of sp³-hybridized carbons (Fsp3) is 0.846. The minimum absolute atomic E-state index is 1.07. The van der Waals surface area contributed by atoms with Crippen molar-refractivity contribution in [3.63, 3.8) is 0 Å². The fourth-order valence-corrected chi connectivity index (χ4v) is 2.60. The van der Waals surface area contributed by atoms with E-state index in [-0.39, 0.29) is 0 Å². The summed E-state index contributed by atoms with van der Waals surface area (Å²) >= 11 is 0. The number of rotatable bonds is 5. The largest absolute Gasteiger partial charge is 0.303 e. The van der Waals surface area contributed by atoms with Crippen LogP contribution in [0.5, 0.6) is 0 Å². The maximum Gasteiger partial charge on any atom is 0.0484 e. The molecule has 0 radical (unpaired) electrons. The molecule has 16 heavy (non-hydrogen) atoms. The Balaban J connectivity index is 1.68. The van der Waals surface area contributed by atoms with Gasteiger partial charge >= 0.3 is 0 Å². The highest BCUT2D eigenvalue weighted by Gasteiger charge is 2.14. The molecule has 2 fully saturated rings. The lowest BCUT2D eigenvalue weighted by Gasteiger charge is -2.19. The zero-order valence-electron chi connectivity index (χ0n) is 10.5. The highest BCUT2D eigenvalue weighted by molar-refractivity contribution is 5.04. The SMILES string of the molecule is CC=C(CCN1CCCC1)CN1CCNC1. The van der Waals surface area contributed by atoms with Crippen LogP contribution in [-0.2, 0) is 0 Å². The van der Waals surface area contributed by atoms with Gasteiger partial charge in [0.05, 0.1) is 0 Å². The summed E-state index contributed by atoms with van der Waals surface area (Å²) in [5.74, 6) is 0. The molecule has 3 heteroatoms. The first-order valence-electron chi connectivity index (χ1n) is 6.68. The van der Waals surface area contributed by atoms with Crippen LogP contribution < -0.4 is 5.32 Å². The van der Waals surface area contributed by atoms with E-state index in [1.165, 1.54) is 45.4 Å². The molecule has 2 aliphatic heterocycles. The van der Waals surface area contributed by atoms with Crippen LogP contribution in [-0.4, -0.2) is 55.7 Å². The van der Waals surface area contributed by atoms with Crippen molar-refractivity contribution in [1.82, 2.24) is 15.1 Å². The Labute approximate surface area is 99.5 Å². The van der Waals surface area contributed by atoms with E-state index in [9.17, 15) is 0 Å². The zero-order chi connectivity index (χ0) is 11.2. The summed E-state index contributed by atoms with van der Waals surface area (Å²) in [6, 6.07) is 0. The summed E-state index contributed by atoms with van der Waals surface area (Å²) < 4.78 is 0. The van der Waals surface area contributed by atoms with E-state index in [4.69, 9.17) is 0 Å². The van der Waals surface area contributed by atoms with Crippen LogP contribution in [0.2, 0.25) is 0 Å². The number of hydrogen-bond acceptors (Lipinski definition) is 3. The second kappa shape index (κ2) is 6.38. The maximum atomic E-state index is 3.39. The van der Waals surface area contributed by atoms with Gasteiger partial charge in [-0.15, -0.1) is 0 Å². The Hall–Kier alpha value is -0.380. The third kappa shape index (κ3) is 3.58. The molecule has 0 aromatic carbocycles. The molecule has 0 aromatic heterocycles. The number of allylic oxidation sites excluding steroid dienone is 1. The fourth-order valence-electron chi connectivity index (χ4n) is 2.60. The van der Waals surface area contributed by atoms with Gasteiger partial charge in [-0.05, 0) is 39.3 Å². The minimum atomic E-state index is 1.07. The van der Waals surface area contributed by atoms with Crippen molar-refractivity contribution in [2.24, 2.45) is 0 Å². The number of hydrogen-bond donors (Lipinski definition) is 1. The van der Waals surface area contributed by atoms with Crippen molar-refractivity contribution in [3.05, 3.63) is 11.6 Å². The zero-order valence-corrected chi connectivity index (χ0v) is 10.5. The van der Waals surface area contributed by atoms with Crippen molar-refractivity contribution in [3.8, 4) is 0 Å². The Morgan fingerprint density at radius 1 is 1.19 bits per heavy atom. The molecule has 0 atom stereocenters. The van der Waals surface area contributed by atoms with Crippen molar-refractivity contribution < 1.29 is 0 Å². The predicted molar refractivity (Wildman–Crippen MR) is 68.5 cm³/mol. The van der Waals surface area contributed by atoms with Crippen molar-refractivity contribution >= 4 is 0 Å². The lowest BCUT2D eigenvalue weighted by atomic mass is 10.1. The summed E-state index contributed by atoms with van der Waals surface area (Å²) in [4.78, 5) is 5.10. The number of nitrogens with one attached hydrogen (secondary N) is 1. The Bertz CT molecular complexity index is 225. The summed E-state index contributed by atoms with van der Waals surface area (Å²) in [7, 11) is 0. The first-order valence-corrected chi connectivity index (χ1v) is 6.68. The van der Waals surface area contributed by atoms with Gasteiger partial charge in [0, 0.05) is 32.8 Å². The summed E-state index contributed by atoms with van der Waals surface area (Å²) in [6.07, 6.45) is 6.38. The van der Waals surface area contributed by atoms with Crippen LogP contribution in [0.25, 0.3) is 0 Å². The Morgan fingerprint density at radius 2 is 2.00 bits per heavy atom. The molecule has 3 nitrogen and oxygen atoms in total. The van der Waals surface area contributed by atoms with E-state index >= 15 is 0 Å². The van der Waals surface area contributed by atoms with Crippen molar-refractivity contribution in [2.75, 3.05) is 45.9 Å². The van der Waals surface area contributed by atoms with E-state index in [2.05, 4.69) is 28.1 Å². The monoisotopic (exact) mass is 223 g/mol. The topological polar surface area (TPSA) is 18.5 Å². The summed E-state index contributed by atoms with van der Waals surface area (Å²) in [5, 5.41) is 3.39. The number of likely N-dealkylation sites (tertiary alicyclic amines) is 1. The molecular formula is C13H25N3. The minimum Gasteiger partial charge on any atom is -0.303 e. The van der Waals surface area contributed by atoms with Crippen LogP contribution in [0.3, 0.4) is 0 Å². The maximum absolute atomic E-state index is 3.39. The van der Waals surface area contributed by atoms with Crippen LogP contribution >= 0.6 is 0 Å². The lowest BCUT2D eigenvalue weighted by molar-refractivity contribution is 0.325. The van der Waals surface area contributed by atoms with E-state index in [1.807, 2.05) is 0 Å². The molecule has 2 heterocycles. The van der Waals surface area contributed by atoms with Gasteiger partial charge in [-0.1, -0.05) is 11.6 Å². The van der Waals surface area contributed by atoms with Gasteiger partial charge in [0.15, 0.2) is 0 Å². The highest BCUT2D eigenvalue weighted by atomic mass is 15.3. The predicted octanol–water partition coefficient (Wildman–Crippen LogP) is 1.28. The van der Waals surface area contributed by atoms with Gasteiger partial charge in [-0.3, -0.25) is 4.90 Å². The normalized spacial score (nSPS) is 24.4. The summed E-state index contributed by atoms with van der Waals surface area (Å²) in [5.41, 5.74) is 1.61. The van der Waals surface area contributed by atoms with Crippen molar-refractivity contribution in [1.29, 1.82) is 0 Å². The standard InChI is InChI=1S/C13H25N3/c1-2-13(11-16-10-6-14-12-16)5-9-15-7-3-4-8-15/h2,14H,3-12H2,1H3. The van der Waals surface area contributed by atoms with Gasteiger partial charge in [0.25, 0.3) is 0 Å². The first kappa shape index (κ1) is 12.1. The molecule has 92 valence electrons. The molecule has 0 amide bonds. The van der Waals surface area contributed by atoms with Gasteiger partial charge < -0.3 is 10.2 Å². The van der Waals surface area contributed by atoms with Gasteiger partial charge in [0.2, 0.25) is 0 Å². The van der Waals surface area contributed by atoms with Crippen LogP contribution in [0, 0.1) is 0 Å². The molecule has 0 unspecified atom stereocenters. The third-order valence-electron chi connectivity index (χ3n) is 3.72. The molecule has 0 aliphatic carbocycles. The molecule has 2 rings (SSSR count). The third-order valence-corrected chi connectivity index (χ3v) is 3.72. The van der Waals surface area contributed by atoms with E-state index in [1.54, 1.807) is 5.57 Å². The quantitative estimate of drug-likeness (QED) is 0.708. The van der Waals surface area contributed by atoms with Crippen molar-refractivity contribution in [2.45, 2.75) is 26.2 Å². The molecule has 2 saturated heterocycles. The highest BCUT2D eigenvalue weighted by Crippen LogP contribution is 2.12. The first-order chi connectivity index (χ1) is 7.88. The van der Waals surface area contributed by atoms with Crippen LogP contribution in [0.1, 0.15) is 26.2 Å². The summed E-state index contributed by atoms with van der Waals surface area (Å²) in [6.45, 7) is 10.7. The van der Waals surface area contributed by atoms with E-state index in [0.29, 0.717) is 0 Å². The van der Waals surface area contributed by atoms with E-state index < -0.39 is 0 Å². The number of nitrogens with zero attached hydrogens (tertiary/aromatic N) is 2. The smallest absolute Gasteiger partial charge is 0.0484 e. The van der Waals surface area contributed by atoms with Gasteiger partial charge in [-0.25, -0.2) is 0 Å². The second-order valence-electron chi connectivity index (χ2n) is 4.96. The molecule has 0 bridgehead atoms. The molecule has 0 aromatic rings. The Kier molecular flexibility index (Phi) is 4.82. The molecule has 0 saturated carbocycles. The molecule has 1 N–H and O–H groups in total. The van der Waals surface area contributed by atoms with Crippen LogP contribution in [0.15, 0.2) is 11.6 Å². The Morgan fingerprint density at radius 3 is 2.62 bits per heavy atom. The van der Waals surface area contributed by atoms with E-state index in [0.717, 1.165) is 19.8 Å². The molecule has 2 aliphatic rings. The molecule has 0 spiro atoms. The lowest BCUT2D eigenvalue weighted by Crippen LogP contribution is -2.26. The van der Waals surface area contributed by atoms with Gasteiger partial charge in [0.1, 0.15) is 0 Å². The van der Waals surface area contributed by atoms with Gasteiger partial charge in [-0.2, -0.15) is 0 Å².